The van der Waals surface area contributed by atoms with Gasteiger partial charge in [-0.25, -0.2) is 0 Å². The van der Waals surface area contributed by atoms with Crippen molar-refractivity contribution in [2.24, 2.45) is 10.8 Å². The third-order valence-corrected chi connectivity index (χ3v) is 1.85. The van der Waals surface area contributed by atoms with Crippen LogP contribution in [0.25, 0.3) is 10.4 Å². The first-order valence-electron chi connectivity index (χ1n) is 4.11. The number of primary amides is 1. The number of hydrogen-bond acceptors (Lipinski definition) is 4. The Labute approximate surface area is 80.8 Å². The molecule has 1 amide bonds. The van der Waals surface area contributed by atoms with Gasteiger partial charge >= 0.3 is 0 Å². The van der Waals surface area contributed by atoms with Gasteiger partial charge in [-0.3, -0.25) is 4.79 Å². The molecule has 0 aromatic rings. The van der Waals surface area contributed by atoms with E-state index in [0.717, 1.165) is 0 Å². The summed E-state index contributed by atoms with van der Waals surface area (Å²) in [5.41, 5.74) is 13.3. The molecule has 0 aromatic heterocycles. The number of hydrogen-bond donors (Lipinski definition) is 1. The van der Waals surface area contributed by atoms with Crippen molar-refractivity contribution in [2.45, 2.75) is 31.8 Å². The first-order valence-corrected chi connectivity index (χ1v) is 4.11. The summed E-state index contributed by atoms with van der Waals surface area (Å²) in [6, 6.07) is -1.01. The molecule has 0 aromatic carbocycles. The second kappa shape index (κ2) is 3.83. The van der Waals surface area contributed by atoms with E-state index < -0.39 is 23.8 Å². The standard InChI is InChI=1S/C7H12N4O3/c1-7(2)13-3-4(14-7)5(6(8)12)10-11-9/h4-5H,3H2,1-2H3,(H2,8,12)/t4-,5-/m0/s1. The van der Waals surface area contributed by atoms with Crippen LogP contribution in [0.3, 0.4) is 0 Å². The van der Waals surface area contributed by atoms with Gasteiger partial charge in [0.2, 0.25) is 5.91 Å². The van der Waals surface area contributed by atoms with Crippen LogP contribution in [0.5, 0.6) is 0 Å². The Morgan fingerprint density at radius 2 is 2.43 bits per heavy atom. The molecular formula is C7H12N4O3. The summed E-state index contributed by atoms with van der Waals surface area (Å²) in [7, 11) is 0. The van der Waals surface area contributed by atoms with Crippen LogP contribution in [0.1, 0.15) is 13.8 Å². The van der Waals surface area contributed by atoms with E-state index in [1.807, 2.05) is 0 Å². The van der Waals surface area contributed by atoms with Gasteiger partial charge in [-0.1, -0.05) is 5.11 Å². The molecule has 1 aliphatic rings. The van der Waals surface area contributed by atoms with E-state index in [9.17, 15) is 4.79 Å². The molecule has 1 heterocycles. The van der Waals surface area contributed by atoms with Gasteiger partial charge in [0.1, 0.15) is 12.1 Å². The highest BCUT2D eigenvalue weighted by atomic mass is 16.7. The van der Waals surface area contributed by atoms with Crippen molar-refractivity contribution in [3.63, 3.8) is 0 Å². The topological polar surface area (TPSA) is 110 Å². The molecule has 1 fully saturated rings. The summed E-state index contributed by atoms with van der Waals surface area (Å²) >= 11 is 0. The molecule has 7 heteroatoms. The van der Waals surface area contributed by atoms with Gasteiger partial charge in [0.15, 0.2) is 5.79 Å². The van der Waals surface area contributed by atoms with Crippen molar-refractivity contribution >= 4 is 5.91 Å². The Bertz CT molecular complexity index is 283. The average molecular weight is 200 g/mol. The summed E-state index contributed by atoms with van der Waals surface area (Å²) < 4.78 is 10.6. The first kappa shape index (κ1) is 10.8. The number of carbonyl (C=O) groups excluding carboxylic acids is 1. The molecule has 1 saturated heterocycles. The number of rotatable bonds is 3. The highest BCUT2D eigenvalue weighted by Gasteiger charge is 2.39. The van der Waals surface area contributed by atoms with Gasteiger partial charge in [-0.2, -0.15) is 0 Å². The molecule has 0 aliphatic carbocycles. The molecular weight excluding hydrogens is 188 g/mol. The third-order valence-electron chi connectivity index (χ3n) is 1.85. The number of azide groups is 1. The van der Waals surface area contributed by atoms with Crippen molar-refractivity contribution in [1.29, 1.82) is 0 Å². The van der Waals surface area contributed by atoms with E-state index in [-0.39, 0.29) is 6.61 Å². The molecule has 2 N–H and O–H groups in total. The predicted molar refractivity (Wildman–Crippen MR) is 47.0 cm³/mol. The zero-order valence-corrected chi connectivity index (χ0v) is 8.01. The Balaban J connectivity index is 2.72. The van der Waals surface area contributed by atoms with Crippen LogP contribution < -0.4 is 5.73 Å². The van der Waals surface area contributed by atoms with Crippen molar-refractivity contribution in [3.8, 4) is 0 Å². The summed E-state index contributed by atoms with van der Waals surface area (Å²) in [5, 5.41) is 3.27. The lowest BCUT2D eigenvalue weighted by Crippen LogP contribution is -2.39. The SMILES string of the molecule is CC1(C)OC[C@@H]([C@H](N=[N+]=[N-])C(N)=O)O1. The lowest BCUT2D eigenvalue weighted by atomic mass is 10.2. The van der Waals surface area contributed by atoms with Crippen LogP contribution in [-0.2, 0) is 14.3 Å². The van der Waals surface area contributed by atoms with Crippen LogP contribution in [0.2, 0.25) is 0 Å². The maximum atomic E-state index is 10.9. The number of amides is 1. The molecule has 7 nitrogen and oxygen atoms in total. The van der Waals surface area contributed by atoms with Gasteiger partial charge in [-0.05, 0) is 19.4 Å². The molecule has 1 aliphatic heterocycles. The molecule has 0 spiro atoms. The maximum absolute atomic E-state index is 10.9. The number of nitrogens with zero attached hydrogens (tertiary/aromatic N) is 3. The van der Waals surface area contributed by atoms with Gasteiger partial charge in [0.05, 0.1) is 6.61 Å². The minimum atomic E-state index is -1.01. The largest absolute Gasteiger partial charge is 0.369 e. The van der Waals surface area contributed by atoms with Crippen LogP contribution in [0.15, 0.2) is 5.11 Å². The van der Waals surface area contributed by atoms with Crippen LogP contribution in [-0.4, -0.2) is 30.4 Å². The summed E-state index contributed by atoms with van der Waals surface area (Å²) in [6.45, 7) is 3.61. The molecule has 2 atom stereocenters. The minimum absolute atomic E-state index is 0.194. The predicted octanol–water partition coefficient (Wildman–Crippen LogP) is 0.302. The van der Waals surface area contributed by atoms with Crippen molar-refractivity contribution in [3.05, 3.63) is 10.4 Å². The number of ether oxygens (including phenoxy) is 2. The van der Waals surface area contributed by atoms with E-state index in [1.54, 1.807) is 13.8 Å². The lowest BCUT2D eigenvalue weighted by molar-refractivity contribution is -0.144. The Kier molecular flexibility index (Phi) is 2.95. The van der Waals surface area contributed by atoms with E-state index in [2.05, 4.69) is 10.0 Å². The van der Waals surface area contributed by atoms with Crippen molar-refractivity contribution < 1.29 is 14.3 Å². The first-order chi connectivity index (χ1) is 6.46. The fourth-order valence-electron chi connectivity index (χ4n) is 1.24. The zero-order valence-electron chi connectivity index (χ0n) is 8.01. The third kappa shape index (κ3) is 2.35. The van der Waals surface area contributed by atoms with Gasteiger partial charge < -0.3 is 15.2 Å². The molecule has 0 bridgehead atoms. The van der Waals surface area contributed by atoms with E-state index in [1.165, 1.54) is 0 Å². The molecule has 14 heavy (non-hydrogen) atoms. The van der Waals surface area contributed by atoms with Gasteiger partial charge in [0.25, 0.3) is 0 Å². The van der Waals surface area contributed by atoms with E-state index >= 15 is 0 Å². The van der Waals surface area contributed by atoms with E-state index in [0.29, 0.717) is 0 Å². The highest BCUT2D eigenvalue weighted by Crippen LogP contribution is 2.25. The summed E-state index contributed by atoms with van der Waals surface area (Å²) in [5.74, 6) is -1.47. The normalized spacial score (nSPS) is 26.6. The Morgan fingerprint density at radius 1 is 1.79 bits per heavy atom. The summed E-state index contributed by atoms with van der Waals surface area (Å²) in [6.07, 6.45) is -0.599. The fraction of sp³-hybridized carbons (Fsp3) is 0.857. The second-order valence-electron chi connectivity index (χ2n) is 3.42. The van der Waals surface area contributed by atoms with Crippen LogP contribution in [0, 0.1) is 0 Å². The van der Waals surface area contributed by atoms with Crippen molar-refractivity contribution in [2.75, 3.05) is 6.61 Å². The molecule has 78 valence electrons. The maximum Gasteiger partial charge on any atom is 0.229 e. The van der Waals surface area contributed by atoms with E-state index in [4.69, 9.17) is 20.7 Å². The fourth-order valence-corrected chi connectivity index (χ4v) is 1.24. The van der Waals surface area contributed by atoms with Crippen LogP contribution in [0.4, 0.5) is 0 Å². The van der Waals surface area contributed by atoms with Crippen LogP contribution >= 0.6 is 0 Å². The number of nitrogens with two attached hydrogens (primary N) is 1. The second-order valence-corrected chi connectivity index (χ2v) is 3.42. The van der Waals surface area contributed by atoms with Gasteiger partial charge in [0, 0.05) is 4.91 Å². The smallest absolute Gasteiger partial charge is 0.229 e. The Morgan fingerprint density at radius 3 is 2.79 bits per heavy atom. The molecule has 1 rings (SSSR count). The lowest BCUT2D eigenvalue weighted by Gasteiger charge is -2.18. The molecule has 0 unspecified atom stereocenters. The average Bonchev–Trinajstić information content (AvgIpc) is 2.41. The molecule has 0 radical (unpaired) electrons. The van der Waals surface area contributed by atoms with Crippen molar-refractivity contribution in [1.82, 2.24) is 0 Å². The highest BCUT2D eigenvalue weighted by molar-refractivity contribution is 5.80. The number of carbonyl (C=O) groups is 1. The monoisotopic (exact) mass is 200 g/mol. The zero-order chi connectivity index (χ0) is 10.8. The minimum Gasteiger partial charge on any atom is -0.369 e. The van der Waals surface area contributed by atoms with Gasteiger partial charge in [-0.15, -0.1) is 0 Å². The Hall–Kier alpha value is -1.30. The quantitative estimate of drug-likeness (QED) is 0.401. The summed E-state index contributed by atoms with van der Waals surface area (Å²) in [4.78, 5) is 13.4. The molecule has 0 saturated carbocycles.